The Morgan fingerprint density at radius 3 is 2.91 bits per heavy atom. The van der Waals surface area contributed by atoms with Crippen LogP contribution in [0.4, 0.5) is 5.82 Å². The number of fused-ring (bicyclic) bond motifs is 2. The van der Waals surface area contributed by atoms with E-state index in [1.807, 2.05) is 14.1 Å². The van der Waals surface area contributed by atoms with Gasteiger partial charge in [0.25, 0.3) is 0 Å². The summed E-state index contributed by atoms with van der Waals surface area (Å²) in [7, 11) is 3.72. The van der Waals surface area contributed by atoms with Crippen molar-refractivity contribution in [2.75, 3.05) is 51.7 Å². The van der Waals surface area contributed by atoms with Crippen LogP contribution in [0.2, 0.25) is 0 Å². The number of aromatic nitrogens is 4. The molecule has 0 aliphatic carbocycles. The normalized spacial score (nSPS) is 21.4. The quantitative estimate of drug-likeness (QED) is 0.326. The van der Waals surface area contributed by atoms with Crippen molar-refractivity contribution in [1.29, 1.82) is 0 Å². The number of anilines is 1. The van der Waals surface area contributed by atoms with Gasteiger partial charge in [0.2, 0.25) is 0 Å². The van der Waals surface area contributed by atoms with Gasteiger partial charge in [-0.25, -0.2) is 9.97 Å². The SMILES string of the molecule is CN=C(NCCNc1ncnc2c1cnn2C)N1CC2OCCN(Cc3ccccc3)C2C1. The van der Waals surface area contributed by atoms with E-state index in [0.29, 0.717) is 12.6 Å². The smallest absolute Gasteiger partial charge is 0.193 e. The molecular weight excluding hydrogens is 418 g/mol. The minimum absolute atomic E-state index is 0.207. The van der Waals surface area contributed by atoms with Crippen molar-refractivity contribution in [2.24, 2.45) is 12.0 Å². The third-order valence-corrected chi connectivity index (χ3v) is 6.39. The molecule has 2 aromatic heterocycles. The van der Waals surface area contributed by atoms with Gasteiger partial charge in [-0.15, -0.1) is 0 Å². The molecule has 1 aromatic carbocycles. The van der Waals surface area contributed by atoms with Crippen LogP contribution in [0.15, 0.2) is 47.8 Å². The van der Waals surface area contributed by atoms with E-state index in [4.69, 9.17) is 4.74 Å². The molecule has 2 N–H and O–H groups in total. The van der Waals surface area contributed by atoms with Crippen LogP contribution in [-0.2, 0) is 18.3 Å². The first kappa shape index (κ1) is 21.6. The molecule has 3 aromatic rings. The fraction of sp³-hybridized carbons (Fsp3) is 0.478. The number of morpholine rings is 1. The number of aryl methyl sites for hydroxylation is 1. The van der Waals surface area contributed by atoms with Gasteiger partial charge in [0.1, 0.15) is 12.1 Å². The molecule has 0 spiro atoms. The second-order valence-electron chi connectivity index (χ2n) is 8.47. The lowest BCUT2D eigenvalue weighted by atomic mass is 10.1. The van der Waals surface area contributed by atoms with E-state index >= 15 is 0 Å². The van der Waals surface area contributed by atoms with Gasteiger partial charge in [0, 0.05) is 53.4 Å². The summed E-state index contributed by atoms with van der Waals surface area (Å²) in [4.78, 5) is 18.0. The summed E-state index contributed by atoms with van der Waals surface area (Å²) in [6, 6.07) is 11.0. The number of aliphatic imine (C=N–C) groups is 1. The molecule has 0 saturated carbocycles. The van der Waals surface area contributed by atoms with Crippen molar-refractivity contribution in [1.82, 2.24) is 34.9 Å². The van der Waals surface area contributed by atoms with Crippen LogP contribution in [-0.4, -0.2) is 94.0 Å². The second-order valence-corrected chi connectivity index (χ2v) is 8.47. The van der Waals surface area contributed by atoms with Gasteiger partial charge in [-0.05, 0) is 5.56 Å². The van der Waals surface area contributed by atoms with Crippen LogP contribution in [0.25, 0.3) is 11.0 Å². The molecule has 2 aliphatic heterocycles. The van der Waals surface area contributed by atoms with Crippen LogP contribution in [0, 0.1) is 0 Å². The first-order valence-corrected chi connectivity index (χ1v) is 11.4. The van der Waals surface area contributed by atoms with Crippen molar-refractivity contribution in [3.63, 3.8) is 0 Å². The van der Waals surface area contributed by atoms with Gasteiger partial charge in [0.05, 0.1) is 30.3 Å². The summed E-state index contributed by atoms with van der Waals surface area (Å²) in [5.41, 5.74) is 2.16. The predicted molar refractivity (Wildman–Crippen MR) is 128 cm³/mol. The maximum absolute atomic E-state index is 6.12. The van der Waals surface area contributed by atoms with E-state index in [1.165, 1.54) is 5.56 Å². The zero-order valence-corrected chi connectivity index (χ0v) is 19.2. The molecule has 4 heterocycles. The highest BCUT2D eigenvalue weighted by atomic mass is 16.5. The highest BCUT2D eigenvalue weighted by molar-refractivity contribution is 5.86. The minimum Gasteiger partial charge on any atom is -0.373 e. The average molecular weight is 450 g/mol. The molecule has 0 bridgehead atoms. The Morgan fingerprint density at radius 1 is 1.18 bits per heavy atom. The average Bonchev–Trinajstić information content (AvgIpc) is 3.45. The number of hydrogen-bond donors (Lipinski definition) is 2. The molecule has 10 nitrogen and oxygen atoms in total. The van der Waals surface area contributed by atoms with Crippen LogP contribution in [0.3, 0.4) is 0 Å². The van der Waals surface area contributed by atoms with Crippen molar-refractivity contribution in [2.45, 2.75) is 18.7 Å². The first-order chi connectivity index (χ1) is 16.2. The van der Waals surface area contributed by atoms with Gasteiger partial charge >= 0.3 is 0 Å². The van der Waals surface area contributed by atoms with Crippen LogP contribution < -0.4 is 10.6 Å². The molecule has 2 saturated heterocycles. The van der Waals surface area contributed by atoms with E-state index in [-0.39, 0.29) is 6.10 Å². The molecule has 33 heavy (non-hydrogen) atoms. The number of rotatable bonds is 6. The van der Waals surface area contributed by atoms with E-state index in [2.05, 4.69) is 70.8 Å². The first-order valence-electron chi connectivity index (χ1n) is 11.4. The van der Waals surface area contributed by atoms with Gasteiger partial charge in [-0.1, -0.05) is 30.3 Å². The topological polar surface area (TPSA) is 95.7 Å². The number of likely N-dealkylation sites (tertiary alicyclic amines) is 1. The number of ether oxygens (including phenoxy) is 1. The van der Waals surface area contributed by atoms with E-state index in [0.717, 1.165) is 62.1 Å². The summed E-state index contributed by atoms with van der Waals surface area (Å²) in [5.74, 6) is 1.70. The summed E-state index contributed by atoms with van der Waals surface area (Å²) in [5, 5.41) is 12.0. The Kier molecular flexibility index (Phi) is 6.36. The summed E-state index contributed by atoms with van der Waals surface area (Å²) in [6.07, 6.45) is 3.56. The van der Waals surface area contributed by atoms with Crippen LogP contribution >= 0.6 is 0 Å². The zero-order valence-electron chi connectivity index (χ0n) is 19.2. The number of benzene rings is 1. The molecule has 2 unspecified atom stereocenters. The van der Waals surface area contributed by atoms with Gasteiger partial charge in [-0.3, -0.25) is 14.6 Å². The molecule has 5 rings (SSSR count). The van der Waals surface area contributed by atoms with E-state index in [1.54, 1.807) is 17.2 Å². The van der Waals surface area contributed by atoms with Crippen molar-refractivity contribution >= 4 is 22.8 Å². The standard InChI is InChI=1S/C23H31N9O/c1-24-23(26-9-8-25-21-18-12-29-30(2)22(18)28-16-27-21)32-14-19-20(15-32)33-11-10-31(19)13-17-6-4-3-5-7-17/h3-7,12,16,19-20H,8-11,13-15H2,1-2H3,(H,24,26)(H,25,27,28). The largest absolute Gasteiger partial charge is 0.373 e. The molecule has 2 atom stereocenters. The van der Waals surface area contributed by atoms with Gasteiger partial charge < -0.3 is 20.3 Å². The van der Waals surface area contributed by atoms with E-state index < -0.39 is 0 Å². The summed E-state index contributed by atoms with van der Waals surface area (Å²) < 4.78 is 7.87. The molecule has 174 valence electrons. The summed E-state index contributed by atoms with van der Waals surface area (Å²) >= 11 is 0. The lowest BCUT2D eigenvalue weighted by molar-refractivity contribution is -0.0502. The van der Waals surface area contributed by atoms with E-state index in [9.17, 15) is 0 Å². The molecule has 0 radical (unpaired) electrons. The van der Waals surface area contributed by atoms with Crippen molar-refractivity contribution in [3.8, 4) is 0 Å². The van der Waals surface area contributed by atoms with Gasteiger partial charge in [-0.2, -0.15) is 5.10 Å². The highest BCUT2D eigenvalue weighted by Gasteiger charge is 2.41. The molecule has 10 heteroatoms. The molecular formula is C23H31N9O. The highest BCUT2D eigenvalue weighted by Crippen LogP contribution is 2.24. The van der Waals surface area contributed by atoms with Crippen molar-refractivity contribution < 1.29 is 4.74 Å². The molecule has 0 amide bonds. The Balaban J connectivity index is 1.15. The Morgan fingerprint density at radius 2 is 2.06 bits per heavy atom. The lowest BCUT2D eigenvalue weighted by Gasteiger charge is -2.36. The zero-order chi connectivity index (χ0) is 22.6. The second kappa shape index (κ2) is 9.72. The number of hydrogen-bond acceptors (Lipinski definition) is 7. The minimum atomic E-state index is 0.207. The summed E-state index contributed by atoms with van der Waals surface area (Å²) in [6.45, 7) is 5.88. The van der Waals surface area contributed by atoms with Crippen molar-refractivity contribution in [3.05, 3.63) is 48.4 Å². The fourth-order valence-corrected chi connectivity index (χ4v) is 4.74. The maximum atomic E-state index is 6.12. The Labute approximate surface area is 193 Å². The molecule has 2 aliphatic rings. The monoisotopic (exact) mass is 449 g/mol. The predicted octanol–water partition coefficient (Wildman–Crippen LogP) is 0.936. The van der Waals surface area contributed by atoms with Crippen LogP contribution in [0.1, 0.15) is 5.56 Å². The van der Waals surface area contributed by atoms with Gasteiger partial charge in [0.15, 0.2) is 11.6 Å². The number of guanidine groups is 1. The lowest BCUT2D eigenvalue weighted by Crippen LogP contribution is -2.50. The van der Waals surface area contributed by atoms with Crippen LogP contribution in [0.5, 0.6) is 0 Å². The molecule has 2 fully saturated rings. The third-order valence-electron chi connectivity index (χ3n) is 6.39. The maximum Gasteiger partial charge on any atom is 0.193 e. The third kappa shape index (κ3) is 4.62. The fourth-order valence-electron chi connectivity index (χ4n) is 4.74. The number of nitrogens with one attached hydrogen (secondary N) is 2. The number of nitrogens with zero attached hydrogens (tertiary/aromatic N) is 7. The Bertz CT molecular complexity index is 1100. The Hall–Kier alpha value is -3.24.